The van der Waals surface area contributed by atoms with E-state index < -0.39 is 9.84 Å². The molecule has 3 N–H and O–H groups in total. The zero-order chi connectivity index (χ0) is 15.7. The lowest BCUT2D eigenvalue weighted by Gasteiger charge is -2.06. The minimum atomic E-state index is -2.92. The Bertz CT molecular complexity index is 559. The van der Waals surface area contributed by atoms with Crippen molar-refractivity contribution in [2.45, 2.75) is 12.8 Å². The molecule has 0 atom stereocenters. The maximum Gasteiger partial charge on any atom is 0.188 e. The van der Waals surface area contributed by atoms with E-state index in [0.29, 0.717) is 25.5 Å². The van der Waals surface area contributed by atoms with Crippen LogP contribution >= 0.6 is 24.0 Å². The van der Waals surface area contributed by atoms with Crippen LogP contribution in [-0.2, 0) is 16.3 Å². The molecule has 1 rings (SSSR count). The number of hydrogen-bond donors (Lipinski definition) is 2. The van der Waals surface area contributed by atoms with Crippen molar-refractivity contribution in [3.63, 3.8) is 0 Å². The Morgan fingerprint density at radius 1 is 1.32 bits per heavy atom. The molecule has 126 valence electrons. The number of ether oxygens (including phenoxy) is 1. The summed E-state index contributed by atoms with van der Waals surface area (Å²) < 4.78 is 27.0. The first-order valence-corrected chi connectivity index (χ1v) is 8.81. The molecule has 0 bridgehead atoms. The van der Waals surface area contributed by atoms with Gasteiger partial charge in [-0.15, -0.1) is 24.0 Å². The molecule has 0 aliphatic rings. The number of aliphatic imine (C=N–C) groups is 1. The number of nitrogens with two attached hydrogens (primary N) is 1. The summed E-state index contributed by atoms with van der Waals surface area (Å²) in [4.78, 5) is 4.08. The maximum absolute atomic E-state index is 10.9. The molecule has 0 aromatic heterocycles. The summed E-state index contributed by atoms with van der Waals surface area (Å²) in [7, 11) is -1.29. The van der Waals surface area contributed by atoms with E-state index in [2.05, 4.69) is 10.3 Å². The number of nitrogens with one attached hydrogen (secondary N) is 1. The van der Waals surface area contributed by atoms with E-state index in [1.54, 1.807) is 7.11 Å². The largest absolute Gasteiger partial charge is 0.497 e. The molecular weight excluding hydrogens is 417 g/mol. The van der Waals surface area contributed by atoms with Crippen molar-refractivity contribution in [3.8, 4) is 5.75 Å². The highest BCUT2D eigenvalue weighted by molar-refractivity contribution is 14.0. The highest BCUT2D eigenvalue weighted by Crippen LogP contribution is 2.11. The molecule has 6 nitrogen and oxygen atoms in total. The summed E-state index contributed by atoms with van der Waals surface area (Å²) in [5, 5.41) is 3.00. The Hall–Kier alpha value is -1.03. The lowest BCUT2D eigenvalue weighted by molar-refractivity contribution is 0.414. The Morgan fingerprint density at radius 3 is 2.50 bits per heavy atom. The molecule has 0 amide bonds. The van der Waals surface area contributed by atoms with Gasteiger partial charge in [0.15, 0.2) is 5.96 Å². The van der Waals surface area contributed by atoms with Crippen molar-refractivity contribution in [2.24, 2.45) is 10.7 Å². The van der Waals surface area contributed by atoms with E-state index in [4.69, 9.17) is 10.5 Å². The molecule has 0 spiro atoms. The molecule has 22 heavy (non-hydrogen) atoms. The van der Waals surface area contributed by atoms with Gasteiger partial charge in [0.2, 0.25) is 0 Å². The Balaban J connectivity index is 0.00000441. The second-order valence-corrected chi connectivity index (χ2v) is 7.03. The van der Waals surface area contributed by atoms with Crippen molar-refractivity contribution in [3.05, 3.63) is 29.8 Å². The van der Waals surface area contributed by atoms with Gasteiger partial charge in [0.25, 0.3) is 0 Å². The van der Waals surface area contributed by atoms with Crippen molar-refractivity contribution in [1.82, 2.24) is 5.32 Å². The minimum Gasteiger partial charge on any atom is -0.497 e. The summed E-state index contributed by atoms with van der Waals surface area (Å²) >= 11 is 0. The van der Waals surface area contributed by atoms with Crippen LogP contribution in [0.4, 0.5) is 0 Å². The molecular formula is C14H24IN3O3S. The first-order chi connectivity index (χ1) is 9.90. The van der Waals surface area contributed by atoms with E-state index in [1.165, 1.54) is 11.8 Å². The number of rotatable bonds is 8. The van der Waals surface area contributed by atoms with Crippen LogP contribution in [0.5, 0.6) is 5.75 Å². The Morgan fingerprint density at radius 2 is 1.95 bits per heavy atom. The van der Waals surface area contributed by atoms with Crippen LogP contribution in [0.2, 0.25) is 0 Å². The smallest absolute Gasteiger partial charge is 0.188 e. The third-order valence-corrected chi connectivity index (χ3v) is 3.86. The molecule has 0 aliphatic heterocycles. The highest BCUT2D eigenvalue weighted by Gasteiger charge is 2.00. The molecule has 0 radical (unpaired) electrons. The Kier molecular flexibility index (Phi) is 10.2. The van der Waals surface area contributed by atoms with Crippen molar-refractivity contribution in [1.29, 1.82) is 0 Å². The van der Waals surface area contributed by atoms with E-state index in [0.717, 1.165) is 12.2 Å². The Labute approximate surface area is 149 Å². The first-order valence-electron chi connectivity index (χ1n) is 6.75. The van der Waals surface area contributed by atoms with Crippen molar-refractivity contribution in [2.75, 3.05) is 32.2 Å². The van der Waals surface area contributed by atoms with Gasteiger partial charge in [-0.05, 0) is 30.5 Å². The van der Waals surface area contributed by atoms with Crippen LogP contribution < -0.4 is 15.8 Å². The number of benzene rings is 1. The molecule has 0 saturated carbocycles. The lowest BCUT2D eigenvalue weighted by Crippen LogP contribution is -2.33. The maximum atomic E-state index is 10.9. The van der Waals surface area contributed by atoms with Crippen LogP contribution in [0, 0.1) is 0 Å². The van der Waals surface area contributed by atoms with E-state index in [-0.39, 0.29) is 29.7 Å². The fraction of sp³-hybridized carbons (Fsp3) is 0.500. The summed E-state index contributed by atoms with van der Waals surface area (Å²) in [6.07, 6.45) is 2.52. The fourth-order valence-electron chi connectivity index (χ4n) is 1.71. The number of nitrogens with zero attached hydrogens (tertiary/aromatic N) is 1. The summed E-state index contributed by atoms with van der Waals surface area (Å²) in [5.74, 6) is 1.31. The van der Waals surface area contributed by atoms with Gasteiger partial charge in [0, 0.05) is 19.3 Å². The molecule has 1 aromatic rings. The zero-order valence-corrected chi connectivity index (χ0v) is 16.1. The molecule has 1 aromatic carbocycles. The second-order valence-electron chi connectivity index (χ2n) is 4.78. The van der Waals surface area contributed by atoms with Crippen molar-refractivity contribution >= 4 is 39.8 Å². The average Bonchev–Trinajstić information content (AvgIpc) is 2.43. The molecule has 0 heterocycles. The third kappa shape index (κ3) is 9.82. The molecule has 0 aliphatic carbocycles. The quantitative estimate of drug-likeness (QED) is 0.274. The third-order valence-electron chi connectivity index (χ3n) is 2.83. The van der Waals surface area contributed by atoms with E-state index in [1.807, 2.05) is 24.3 Å². The van der Waals surface area contributed by atoms with Crippen LogP contribution in [0.25, 0.3) is 0 Å². The number of hydrogen-bond acceptors (Lipinski definition) is 4. The van der Waals surface area contributed by atoms with Gasteiger partial charge in [0.05, 0.1) is 12.9 Å². The van der Waals surface area contributed by atoms with Gasteiger partial charge >= 0.3 is 0 Å². The van der Waals surface area contributed by atoms with Crippen molar-refractivity contribution < 1.29 is 13.2 Å². The predicted molar refractivity (Wildman–Crippen MR) is 101 cm³/mol. The predicted octanol–water partition coefficient (Wildman–Crippen LogP) is 1.19. The molecule has 0 saturated heterocycles. The lowest BCUT2D eigenvalue weighted by atomic mass is 10.1. The second kappa shape index (κ2) is 10.7. The average molecular weight is 441 g/mol. The normalized spacial score (nSPS) is 11.6. The summed E-state index contributed by atoms with van der Waals surface area (Å²) in [6, 6.07) is 7.83. The van der Waals surface area contributed by atoms with Gasteiger partial charge in [0.1, 0.15) is 15.6 Å². The van der Waals surface area contributed by atoms with Crippen LogP contribution in [0.15, 0.2) is 29.3 Å². The summed E-state index contributed by atoms with van der Waals surface area (Å²) in [6.45, 7) is 1.09. The van der Waals surface area contributed by atoms with Crippen LogP contribution in [-0.4, -0.2) is 46.6 Å². The van der Waals surface area contributed by atoms with Gasteiger partial charge in [-0.25, -0.2) is 8.42 Å². The van der Waals surface area contributed by atoms with Crippen LogP contribution in [0.1, 0.15) is 12.0 Å². The van der Waals surface area contributed by atoms with Gasteiger partial charge < -0.3 is 15.8 Å². The van der Waals surface area contributed by atoms with E-state index >= 15 is 0 Å². The van der Waals surface area contributed by atoms with Crippen LogP contribution in [0.3, 0.4) is 0 Å². The highest BCUT2D eigenvalue weighted by atomic mass is 127. The number of sulfone groups is 1. The number of halogens is 1. The first kappa shape index (κ1) is 21.0. The van der Waals surface area contributed by atoms with Gasteiger partial charge in [-0.1, -0.05) is 12.1 Å². The summed E-state index contributed by atoms with van der Waals surface area (Å²) in [5.41, 5.74) is 6.88. The van der Waals surface area contributed by atoms with Gasteiger partial charge in [-0.3, -0.25) is 4.99 Å². The van der Waals surface area contributed by atoms with E-state index in [9.17, 15) is 8.42 Å². The standard InChI is InChI=1S/C14H23N3O3S.HI/c1-20-13-6-4-12(5-7-13)8-10-17-14(15)16-9-3-11-21(2,18)19;/h4-7H,3,8-11H2,1-2H3,(H3,15,16,17);1H. The van der Waals surface area contributed by atoms with Gasteiger partial charge in [-0.2, -0.15) is 0 Å². The minimum absolute atomic E-state index is 0. The number of methoxy groups -OCH3 is 1. The fourth-order valence-corrected chi connectivity index (χ4v) is 2.36. The molecule has 8 heteroatoms. The zero-order valence-electron chi connectivity index (χ0n) is 12.9. The number of guanidine groups is 1. The topological polar surface area (TPSA) is 93.8 Å². The molecule has 0 fully saturated rings. The monoisotopic (exact) mass is 441 g/mol. The molecule has 0 unspecified atom stereocenters. The SMILES string of the molecule is COc1ccc(CCNC(N)=NCCCS(C)(=O)=O)cc1.I.